The lowest BCUT2D eigenvalue weighted by atomic mass is 9.95. The predicted molar refractivity (Wildman–Crippen MR) is 123 cm³/mol. The number of anilines is 3. The number of amides is 1. The zero-order valence-electron chi connectivity index (χ0n) is 17.6. The lowest BCUT2D eigenvalue weighted by Gasteiger charge is -2.18. The number of fused-ring (bicyclic) bond motifs is 1. The molecule has 7 heteroatoms. The van der Waals surface area contributed by atoms with E-state index in [1.54, 1.807) is 42.5 Å². The van der Waals surface area contributed by atoms with Gasteiger partial charge in [-0.3, -0.25) is 9.52 Å². The van der Waals surface area contributed by atoms with Crippen molar-refractivity contribution in [2.75, 3.05) is 21.9 Å². The van der Waals surface area contributed by atoms with Crippen molar-refractivity contribution in [3.63, 3.8) is 0 Å². The number of sulfonamides is 1. The normalized spacial score (nSPS) is 11.9. The average Bonchev–Trinajstić information content (AvgIpc) is 2.69. The molecule has 30 heavy (non-hydrogen) atoms. The van der Waals surface area contributed by atoms with Crippen LogP contribution in [0.4, 0.5) is 17.1 Å². The zero-order chi connectivity index (χ0) is 21.9. The summed E-state index contributed by atoms with van der Waals surface area (Å²) in [6, 6.07) is 17.4. The monoisotopic (exact) mass is 425 g/mol. The summed E-state index contributed by atoms with van der Waals surface area (Å²) in [7, 11) is -3.80. The number of carbonyl (C=O) groups is 1. The molecule has 0 bridgehead atoms. The van der Waals surface area contributed by atoms with Crippen LogP contribution in [0.5, 0.6) is 0 Å². The Morgan fingerprint density at radius 1 is 0.867 bits per heavy atom. The van der Waals surface area contributed by atoms with Crippen molar-refractivity contribution in [1.82, 2.24) is 0 Å². The molecule has 6 nitrogen and oxygen atoms in total. The number of hydrogen-bond donors (Lipinski definition) is 3. The molecular formula is C23H27N3O3S. The molecule has 0 saturated heterocycles. The minimum atomic E-state index is -3.80. The van der Waals surface area contributed by atoms with Gasteiger partial charge in [-0.25, -0.2) is 8.42 Å². The van der Waals surface area contributed by atoms with Gasteiger partial charge in [0.1, 0.15) is 0 Å². The highest BCUT2D eigenvalue weighted by Crippen LogP contribution is 2.30. The molecular weight excluding hydrogens is 398 g/mol. The molecule has 0 aliphatic carbocycles. The Balaban J connectivity index is 1.87. The first kappa shape index (κ1) is 21.6. The maximum absolute atomic E-state index is 13.1. The topological polar surface area (TPSA) is 87.3 Å². The summed E-state index contributed by atoms with van der Waals surface area (Å²) in [5.74, 6) is -0.108. The number of nitrogens with one attached hydrogen (secondary N) is 3. The van der Waals surface area contributed by atoms with E-state index < -0.39 is 15.4 Å². The van der Waals surface area contributed by atoms with Gasteiger partial charge in [-0.1, -0.05) is 45.0 Å². The standard InChI is InChI=1S/C23H27N3O3S/c1-5-24-20-14-15-21(19-9-7-6-8-18(19)20)30(28,29)26-17-12-10-16(11-13-17)25-22(27)23(2,3)4/h6-15,24,26H,5H2,1-4H3,(H,25,27). The van der Waals surface area contributed by atoms with Gasteiger partial charge in [0.25, 0.3) is 10.0 Å². The molecule has 1 amide bonds. The fourth-order valence-electron chi connectivity index (χ4n) is 3.00. The minimum absolute atomic E-state index is 0.108. The first-order chi connectivity index (χ1) is 14.1. The third-order valence-electron chi connectivity index (χ3n) is 4.62. The van der Waals surface area contributed by atoms with Crippen LogP contribution < -0.4 is 15.4 Å². The van der Waals surface area contributed by atoms with E-state index in [2.05, 4.69) is 15.4 Å². The van der Waals surface area contributed by atoms with Gasteiger partial charge in [0, 0.05) is 39.8 Å². The van der Waals surface area contributed by atoms with Gasteiger partial charge >= 0.3 is 0 Å². The summed E-state index contributed by atoms with van der Waals surface area (Å²) >= 11 is 0. The highest BCUT2D eigenvalue weighted by atomic mass is 32.2. The van der Waals surface area contributed by atoms with E-state index >= 15 is 0 Å². The summed E-state index contributed by atoms with van der Waals surface area (Å²) in [5, 5.41) is 7.58. The van der Waals surface area contributed by atoms with Crippen LogP contribution in [-0.2, 0) is 14.8 Å². The highest BCUT2D eigenvalue weighted by molar-refractivity contribution is 7.93. The molecule has 3 N–H and O–H groups in total. The van der Waals surface area contributed by atoms with Crippen LogP contribution in [0, 0.1) is 5.41 Å². The van der Waals surface area contributed by atoms with Gasteiger partial charge in [-0.05, 0) is 43.3 Å². The third kappa shape index (κ3) is 4.74. The van der Waals surface area contributed by atoms with Crippen LogP contribution in [-0.4, -0.2) is 20.9 Å². The lowest BCUT2D eigenvalue weighted by Crippen LogP contribution is -2.27. The van der Waals surface area contributed by atoms with E-state index in [-0.39, 0.29) is 10.8 Å². The van der Waals surface area contributed by atoms with E-state index in [1.807, 2.05) is 45.9 Å². The first-order valence-corrected chi connectivity index (χ1v) is 11.3. The second-order valence-electron chi connectivity index (χ2n) is 8.07. The fraction of sp³-hybridized carbons (Fsp3) is 0.261. The minimum Gasteiger partial charge on any atom is -0.385 e. The Morgan fingerprint density at radius 3 is 2.07 bits per heavy atom. The van der Waals surface area contributed by atoms with Crippen LogP contribution in [0.15, 0.2) is 65.6 Å². The van der Waals surface area contributed by atoms with E-state index in [4.69, 9.17) is 0 Å². The fourth-order valence-corrected chi connectivity index (χ4v) is 4.27. The lowest BCUT2D eigenvalue weighted by molar-refractivity contribution is -0.123. The Bertz CT molecular complexity index is 1160. The molecule has 3 aromatic carbocycles. The summed E-state index contributed by atoms with van der Waals surface area (Å²) in [5.41, 5.74) is 1.41. The molecule has 0 aliphatic rings. The second-order valence-corrected chi connectivity index (χ2v) is 9.72. The summed E-state index contributed by atoms with van der Waals surface area (Å²) in [6.45, 7) is 8.23. The van der Waals surface area contributed by atoms with Gasteiger partial charge in [0.05, 0.1) is 4.90 Å². The van der Waals surface area contributed by atoms with Gasteiger partial charge < -0.3 is 10.6 Å². The molecule has 0 aliphatic heterocycles. The van der Waals surface area contributed by atoms with Gasteiger partial charge in [-0.15, -0.1) is 0 Å². The predicted octanol–water partition coefficient (Wildman–Crippen LogP) is 5.06. The maximum Gasteiger partial charge on any atom is 0.262 e. The summed E-state index contributed by atoms with van der Waals surface area (Å²) in [6.07, 6.45) is 0. The first-order valence-electron chi connectivity index (χ1n) is 9.82. The Morgan fingerprint density at radius 2 is 1.47 bits per heavy atom. The van der Waals surface area contributed by atoms with Crippen molar-refractivity contribution < 1.29 is 13.2 Å². The number of carbonyl (C=O) groups excluding carboxylic acids is 1. The Hall–Kier alpha value is -3.06. The van der Waals surface area contributed by atoms with Gasteiger partial charge in [0.2, 0.25) is 5.91 Å². The van der Waals surface area contributed by atoms with Crippen molar-refractivity contribution in [2.45, 2.75) is 32.6 Å². The van der Waals surface area contributed by atoms with E-state index in [9.17, 15) is 13.2 Å². The molecule has 0 heterocycles. The second kappa shape index (κ2) is 8.36. The Kier molecular flexibility index (Phi) is 6.03. The smallest absolute Gasteiger partial charge is 0.262 e. The molecule has 0 radical (unpaired) electrons. The van der Waals surface area contributed by atoms with Crippen molar-refractivity contribution in [1.29, 1.82) is 0 Å². The molecule has 3 rings (SSSR count). The Labute approximate surface area is 177 Å². The number of hydrogen-bond acceptors (Lipinski definition) is 4. The van der Waals surface area contributed by atoms with Crippen molar-refractivity contribution in [3.05, 3.63) is 60.7 Å². The maximum atomic E-state index is 13.1. The van der Waals surface area contributed by atoms with Crippen LogP contribution in [0.2, 0.25) is 0 Å². The molecule has 158 valence electrons. The summed E-state index contributed by atoms with van der Waals surface area (Å²) in [4.78, 5) is 12.3. The molecule has 0 saturated carbocycles. The number of rotatable bonds is 6. The quantitative estimate of drug-likeness (QED) is 0.515. The van der Waals surface area contributed by atoms with Crippen LogP contribution >= 0.6 is 0 Å². The molecule has 0 spiro atoms. The average molecular weight is 426 g/mol. The third-order valence-corrected chi connectivity index (χ3v) is 6.06. The molecule has 0 unspecified atom stereocenters. The van der Waals surface area contributed by atoms with Crippen molar-refractivity contribution in [2.24, 2.45) is 5.41 Å². The summed E-state index contributed by atoms with van der Waals surface area (Å²) < 4.78 is 28.8. The highest BCUT2D eigenvalue weighted by Gasteiger charge is 2.22. The van der Waals surface area contributed by atoms with Crippen LogP contribution in [0.1, 0.15) is 27.7 Å². The SMILES string of the molecule is CCNc1ccc(S(=O)(=O)Nc2ccc(NC(=O)C(C)(C)C)cc2)c2ccccc12. The van der Waals surface area contributed by atoms with E-state index in [1.165, 1.54) is 0 Å². The molecule has 0 fully saturated rings. The number of benzene rings is 3. The zero-order valence-corrected chi connectivity index (χ0v) is 18.4. The van der Waals surface area contributed by atoms with Crippen LogP contribution in [0.25, 0.3) is 10.8 Å². The largest absolute Gasteiger partial charge is 0.385 e. The van der Waals surface area contributed by atoms with Gasteiger partial charge in [-0.2, -0.15) is 0 Å². The molecule has 0 aromatic heterocycles. The van der Waals surface area contributed by atoms with E-state index in [0.29, 0.717) is 16.8 Å². The van der Waals surface area contributed by atoms with Gasteiger partial charge in [0.15, 0.2) is 0 Å². The van der Waals surface area contributed by atoms with Crippen molar-refractivity contribution in [3.8, 4) is 0 Å². The van der Waals surface area contributed by atoms with Crippen LogP contribution in [0.3, 0.4) is 0 Å². The molecule has 0 atom stereocenters. The van der Waals surface area contributed by atoms with E-state index in [0.717, 1.165) is 17.6 Å². The molecule has 3 aromatic rings. The van der Waals surface area contributed by atoms with Crippen molar-refractivity contribution >= 4 is 43.8 Å².